The summed E-state index contributed by atoms with van der Waals surface area (Å²) in [6.07, 6.45) is -5.12. The van der Waals surface area contributed by atoms with E-state index in [1.165, 1.54) is 17.0 Å². The number of piperazine rings is 1. The molecule has 330 valence electrons. The molecule has 0 spiro atoms. The third-order valence-electron chi connectivity index (χ3n) is 11.2. The number of pyridine rings is 1. The topological polar surface area (TPSA) is 135 Å². The molecule has 14 nitrogen and oxygen atoms in total. The molecule has 2 aliphatic rings. The molecular formula is C44H49ClF3N7O7. The van der Waals surface area contributed by atoms with Crippen molar-refractivity contribution >= 4 is 40.2 Å². The van der Waals surface area contributed by atoms with Gasteiger partial charge >= 0.3 is 18.3 Å². The number of benzene rings is 3. The van der Waals surface area contributed by atoms with Crippen molar-refractivity contribution in [3.05, 3.63) is 94.5 Å². The van der Waals surface area contributed by atoms with Gasteiger partial charge in [0.25, 0.3) is 0 Å². The number of rotatable bonds is 16. The van der Waals surface area contributed by atoms with Crippen molar-refractivity contribution in [1.82, 2.24) is 24.8 Å². The van der Waals surface area contributed by atoms with E-state index in [0.717, 1.165) is 17.2 Å². The number of ether oxygens (including phenoxy) is 5. The summed E-state index contributed by atoms with van der Waals surface area (Å²) < 4.78 is 72.9. The Labute approximate surface area is 362 Å². The summed E-state index contributed by atoms with van der Waals surface area (Å²) >= 11 is 6.99. The molecule has 0 bridgehead atoms. The van der Waals surface area contributed by atoms with Gasteiger partial charge in [0, 0.05) is 83.6 Å². The third-order valence-corrected chi connectivity index (χ3v) is 11.5. The van der Waals surface area contributed by atoms with Crippen molar-refractivity contribution in [1.29, 1.82) is 0 Å². The van der Waals surface area contributed by atoms with Crippen LogP contribution < -0.4 is 24.0 Å². The lowest BCUT2D eigenvalue weighted by Crippen LogP contribution is -2.48. The van der Waals surface area contributed by atoms with E-state index in [4.69, 9.17) is 50.2 Å². The molecule has 1 amide bonds. The summed E-state index contributed by atoms with van der Waals surface area (Å²) in [6.45, 7) is 3.74. The number of alkyl halides is 3. The van der Waals surface area contributed by atoms with Crippen LogP contribution in [0.5, 0.6) is 17.5 Å². The van der Waals surface area contributed by atoms with Gasteiger partial charge in [0.2, 0.25) is 0 Å². The van der Waals surface area contributed by atoms with Gasteiger partial charge in [-0.2, -0.15) is 23.1 Å². The Hall–Kier alpha value is -5.62. The number of carbonyl (C=O) groups is 1. The van der Waals surface area contributed by atoms with Crippen LogP contribution in [0.25, 0.3) is 22.2 Å². The largest absolute Gasteiger partial charge is 0.497 e. The molecule has 0 saturated carbocycles. The van der Waals surface area contributed by atoms with Crippen LogP contribution in [-0.2, 0) is 28.7 Å². The zero-order chi connectivity index (χ0) is 44.0. The number of likely N-dealkylation sites (tertiary alicyclic amines) is 1. The molecule has 62 heavy (non-hydrogen) atoms. The van der Waals surface area contributed by atoms with Gasteiger partial charge in [-0.15, -0.1) is 0 Å². The predicted molar refractivity (Wildman–Crippen MR) is 229 cm³/mol. The second-order valence-corrected chi connectivity index (χ2v) is 15.5. The van der Waals surface area contributed by atoms with E-state index in [9.17, 15) is 23.1 Å². The van der Waals surface area contributed by atoms with Gasteiger partial charge in [0.1, 0.15) is 29.7 Å². The van der Waals surface area contributed by atoms with E-state index < -0.39 is 17.8 Å². The summed E-state index contributed by atoms with van der Waals surface area (Å²) in [5, 5.41) is 10.1. The number of hydrogen-bond acceptors (Lipinski definition) is 12. The second-order valence-electron chi connectivity index (χ2n) is 15.1. The number of anilines is 2. The Morgan fingerprint density at radius 3 is 2.08 bits per heavy atom. The highest BCUT2D eigenvalue weighted by Crippen LogP contribution is 2.42. The maximum absolute atomic E-state index is 15.0. The highest BCUT2D eigenvalue weighted by Gasteiger charge is 2.37. The molecule has 0 aliphatic carbocycles. The van der Waals surface area contributed by atoms with Crippen LogP contribution in [0.15, 0.2) is 72.8 Å². The van der Waals surface area contributed by atoms with E-state index in [0.29, 0.717) is 75.0 Å². The SMILES string of the molecule is COCCN1C[C@H](OC)C[C@H]1COc1nc(N2CCN(C(=O)O)CC2)c2cc(Cl)c(-c3nc(N(Cc4ccc(OC)cc4)Cc4ccc(OC)cc4)ccc3C(F)(F)F)cc2n1. The Bertz CT molecular complexity index is 2270. The zero-order valence-electron chi connectivity index (χ0n) is 34.9. The number of nitrogens with zero attached hydrogens (tertiary/aromatic N) is 7. The average molecular weight is 880 g/mol. The van der Waals surface area contributed by atoms with Gasteiger partial charge in [-0.3, -0.25) is 4.90 Å². The van der Waals surface area contributed by atoms with Crippen molar-refractivity contribution in [2.45, 2.75) is 37.8 Å². The normalized spacial score (nSPS) is 17.1. The standard InChI is InChI=1S/C44H49ClF3N7O7/c1-58-20-19-54-26-33(61-4)21-30(54)27-62-42-49-38-23-34(37(45)22-35(38)41(51-42)52-15-17-53(18-16-52)43(56)57)40-36(44(46,47)48)13-14-39(50-40)55(24-28-5-9-31(59-2)10-6-28)25-29-7-11-32(60-3)12-8-29/h5-14,22-23,30,33H,15-21,24-27H2,1-4H3,(H,56,57)/t30-,33+/m0/s1. The molecule has 3 aromatic carbocycles. The number of carboxylic acid groups (broad SMARTS) is 1. The first-order valence-corrected chi connectivity index (χ1v) is 20.5. The zero-order valence-corrected chi connectivity index (χ0v) is 35.7. The van der Waals surface area contributed by atoms with Gasteiger partial charge in [-0.1, -0.05) is 35.9 Å². The van der Waals surface area contributed by atoms with Crippen LogP contribution in [0.3, 0.4) is 0 Å². The van der Waals surface area contributed by atoms with Crippen LogP contribution in [-0.4, -0.2) is 129 Å². The van der Waals surface area contributed by atoms with Crippen molar-refractivity contribution in [2.75, 3.05) is 90.7 Å². The van der Waals surface area contributed by atoms with Gasteiger partial charge in [0.15, 0.2) is 0 Å². The minimum Gasteiger partial charge on any atom is -0.497 e. The van der Waals surface area contributed by atoms with Crippen molar-refractivity contribution in [3.8, 4) is 28.8 Å². The monoisotopic (exact) mass is 879 g/mol. The number of amides is 1. The number of methoxy groups -OCH3 is 4. The summed E-state index contributed by atoms with van der Waals surface area (Å²) in [5.41, 5.74) is 0.694. The molecule has 5 aromatic rings. The molecule has 1 N–H and O–H groups in total. The highest BCUT2D eigenvalue weighted by molar-refractivity contribution is 6.34. The molecule has 2 fully saturated rings. The number of hydrogen-bond donors (Lipinski definition) is 1. The van der Waals surface area contributed by atoms with Gasteiger partial charge in [-0.05, 0) is 66.1 Å². The summed E-state index contributed by atoms with van der Waals surface area (Å²) in [5.74, 6) is 2.04. The fourth-order valence-electron chi connectivity index (χ4n) is 7.82. The lowest BCUT2D eigenvalue weighted by Gasteiger charge is -2.34. The van der Waals surface area contributed by atoms with E-state index >= 15 is 0 Å². The molecule has 0 unspecified atom stereocenters. The number of fused-ring (bicyclic) bond motifs is 1. The Morgan fingerprint density at radius 2 is 1.52 bits per heavy atom. The van der Waals surface area contributed by atoms with Crippen molar-refractivity contribution in [3.63, 3.8) is 0 Å². The molecule has 7 rings (SSSR count). The first-order valence-electron chi connectivity index (χ1n) is 20.1. The maximum atomic E-state index is 15.0. The lowest BCUT2D eigenvalue weighted by molar-refractivity contribution is -0.137. The highest BCUT2D eigenvalue weighted by atomic mass is 35.5. The Kier molecular flexibility index (Phi) is 14.1. The molecule has 2 atom stereocenters. The van der Waals surface area contributed by atoms with E-state index in [1.54, 1.807) is 34.5 Å². The maximum Gasteiger partial charge on any atom is 0.418 e. The van der Waals surface area contributed by atoms with Gasteiger partial charge in [-0.25, -0.2) is 9.78 Å². The molecule has 4 heterocycles. The molecule has 2 saturated heterocycles. The van der Waals surface area contributed by atoms with Crippen molar-refractivity contribution in [2.24, 2.45) is 0 Å². The number of halogens is 4. The molecule has 0 radical (unpaired) electrons. The summed E-state index contributed by atoms with van der Waals surface area (Å²) in [6, 6.07) is 20.3. The second kappa shape index (κ2) is 19.6. The molecule has 18 heteroatoms. The fraction of sp³-hybridized carbons (Fsp3) is 0.409. The quantitative estimate of drug-likeness (QED) is 0.105. The first kappa shape index (κ1) is 44.4. The van der Waals surface area contributed by atoms with E-state index in [2.05, 4.69) is 4.90 Å². The van der Waals surface area contributed by atoms with Crippen LogP contribution in [0, 0.1) is 0 Å². The van der Waals surface area contributed by atoms with Crippen LogP contribution in [0.1, 0.15) is 23.1 Å². The molecule has 2 aromatic heterocycles. The summed E-state index contributed by atoms with van der Waals surface area (Å²) in [7, 11) is 6.46. The van der Waals surface area contributed by atoms with Crippen LogP contribution in [0.2, 0.25) is 5.02 Å². The van der Waals surface area contributed by atoms with E-state index in [1.807, 2.05) is 58.3 Å². The minimum atomic E-state index is -4.79. The molecule has 2 aliphatic heterocycles. The van der Waals surface area contributed by atoms with Gasteiger partial charge < -0.3 is 43.5 Å². The minimum absolute atomic E-state index is 0.00167. The van der Waals surface area contributed by atoms with Crippen molar-refractivity contribution < 1.29 is 46.8 Å². The van der Waals surface area contributed by atoms with Crippen LogP contribution in [0.4, 0.5) is 29.6 Å². The Morgan fingerprint density at radius 1 is 0.871 bits per heavy atom. The third kappa shape index (κ3) is 10.3. The van der Waals surface area contributed by atoms with Gasteiger partial charge in [0.05, 0.1) is 48.7 Å². The summed E-state index contributed by atoms with van der Waals surface area (Å²) in [4.78, 5) is 33.3. The predicted octanol–water partition coefficient (Wildman–Crippen LogP) is 7.50. The average Bonchev–Trinajstić information content (AvgIpc) is 3.69. The fourth-order valence-corrected chi connectivity index (χ4v) is 8.08. The Balaban J connectivity index is 1.31. The van der Waals surface area contributed by atoms with Crippen LogP contribution >= 0.6 is 11.6 Å². The smallest absolute Gasteiger partial charge is 0.418 e. The number of aromatic nitrogens is 3. The first-order chi connectivity index (χ1) is 29.9. The van der Waals surface area contributed by atoms with E-state index in [-0.39, 0.29) is 65.5 Å². The molecular weight excluding hydrogens is 831 g/mol. The lowest BCUT2D eigenvalue weighted by atomic mass is 10.0.